The summed E-state index contributed by atoms with van der Waals surface area (Å²) in [5.74, 6) is 0.292. The van der Waals surface area contributed by atoms with Crippen LogP contribution in [-0.4, -0.2) is 54.2 Å². The third kappa shape index (κ3) is 2.92. The summed E-state index contributed by atoms with van der Waals surface area (Å²) < 4.78 is 6.78. The molecule has 1 aliphatic rings. The van der Waals surface area contributed by atoms with Crippen LogP contribution in [0.5, 0.6) is 0 Å². The van der Waals surface area contributed by atoms with Crippen molar-refractivity contribution in [3.63, 3.8) is 0 Å². The largest absolute Gasteiger partial charge is 0.476 e. The first kappa shape index (κ1) is 13.7. The molecule has 1 fully saturated rings. The quantitative estimate of drug-likeness (QED) is 0.813. The fourth-order valence-electron chi connectivity index (χ4n) is 2.26. The van der Waals surface area contributed by atoms with Crippen LogP contribution >= 0.6 is 0 Å². The van der Waals surface area contributed by atoms with E-state index in [4.69, 9.17) is 9.63 Å². The Bertz CT molecular complexity index is 630. The Hall–Kier alpha value is -2.29. The molecule has 21 heavy (non-hydrogen) atoms. The summed E-state index contributed by atoms with van der Waals surface area (Å²) in [4.78, 5) is 17.2. The Morgan fingerprint density at radius 1 is 1.52 bits per heavy atom. The van der Waals surface area contributed by atoms with E-state index in [-0.39, 0.29) is 11.7 Å². The summed E-state index contributed by atoms with van der Waals surface area (Å²) in [6.45, 7) is 4.19. The maximum Gasteiger partial charge on any atom is 0.358 e. The third-order valence-corrected chi connectivity index (χ3v) is 3.38. The second kappa shape index (κ2) is 5.60. The Kier molecular flexibility index (Phi) is 3.65. The molecule has 0 amide bonds. The summed E-state index contributed by atoms with van der Waals surface area (Å²) in [5.41, 5.74) is -0.0328. The number of hydrogen-bond donors (Lipinski definition) is 1. The molecule has 0 bridgehead atoms. The van der Waals surface area contributed by atoms with E-state index >= 15 is 0 Å². The standard InChI is InChI=1S/C12H16N6O3/c1-2-3-10-13-11(21-15-10)7-17-4-8(5-17)18-6-9(12(19)20)14-16-18/h6,8H,2-5,7H2,1H3,(H,19,20). The molecule has 2 aromatic heterocycles. The van der Waals surface area contributed by atoms with Gasteiger partial charge in [-0.05, 0) is 6.42 Å². The van der Waals surface area contributed by atoms with Crippen molar-refractivity contribution in [2.45, 2.75) is 32.4 Å². The van der Waals surface area contributed by atoms with Crippen LogP contribution in [0, 0.1) is 0 Å². The maximum absolute atomic E-state index is 10.8. The van der Waals surface area contributed by atoms with Crippen LogP contribution in [0.4, 0.5) is 0 Å². The zero-order chi connectivity index (χ0) is 14.8. The van der Waals surface area contributed by atoms with Gasteiger partial charge in [-0.2, -0.15) is 4.98 Å². The Labute approximate surface area is 120 Å². The molecule has 0 aromatic carbocycles. The third-order valence-electron chi connectivity index (χ3n) is 3.38. The summed E-state index contributed by atoms with van der Waals surface area (Å²) >= 11 is 0. The van der Waals surface area contributed by atoms with Gasteiger partial charge in [0.05, 0.1) is 18.8 Å². The molecule has 112 valence electrons. The van der Waals surface area contributed by atoms with Crippen molar-refractivity contribution in [1.82, 2.24) is 30.0 Å². The van der Waals surface area contributed by atoms with Crippen LogP contribution < -0.4 is 0 Å². The second-order valence-electron chi connectivity index (χ2n) is 5.09. The van der Waals surface area contributed by atoms with Crippen LogP contribution in [-0.2, 0) is 13.0 Å². The number of nitrogens with zero attached hydrogens (tertiary/aromatic N) is 6. The number of aromatic nitrogens is 5. The van der Waals surface area contributed by atoms with E-state index in [0.29, 0.717) is 12.4 Å². The minimum absolute atomic E-state index is 0.0328. The normalized spacial score (nSPS) is 16.0. The molecule has 1 saturated heterocycles. The number of likely N-dealkylation sites (tertiary alicyclic amines) is 1. The van der Waals surface area contributed by atoms with E-state index in [1.165, 1.54) is 6.20 Å². The second-order valence-corrected chi connectivity index (χ2v) is 5.09. The minimum atomic E-state index is -1.06. The minimum Gasteiger partial charge on any atom is -0.476 e. The fraction of sp³-hybridized carbons (Fsp3) is 0.583. The van der Waals surface area contributed by atoms with Crippen molar-refractivity contribution in [2.24, 2.45) is 0 Å². The van der Waals surface area contributed by atoms with Gasteiger partial charge in [0.2, 0.25) is 5.89 Å². The summed E-state index contributed by atoms with van der Waals surface area (Å²) in [6, 6.07) is 0.142. The maximum atomic E-state index is 10.8. The van der Waals surface area contributed by atoms with Gasteiger partial charge < -0.3 is 9.63 Å². The lowest BCUT2D eigenvalue weighted by Gasteiger charge is -2.37. The Morgan fingerprint density at radius 3 is 3.00 bits per heavy atom. The highest BCUT2D eigenvalue weighted by atomic mass is 16.5. The Morgan fingerprint density at radius 2 is 2.33 bits per heavy atom. The molecular formula is C12H16N6O3. The lowest BCUT2D eigenvalue weighted by atomic mass is 10.1. The Balaban J connectivity index is 1.51. The van der Waals surface area contributed by atoms with Gasteiger partial charge in [0.25, 0.3) is 0 Å². The number of hydrogen-bond acceptors (Lipinski definition) is 7. The molecule has 1 N–H and O–H groups in total. The molecule has 0 spiro atoms. The van der Waals surface area contributed by atoms with Crippen molar-refractivity contribution in [1.29, 1.82) is 0 Å². The van der Waals surface area contributed by atoms with E-state index < -0.39 is 5.97 Å². The molecule has 0 aliphatic carbocycles. The first-order valence-corrected chi connectivity index (χ1v) is 6.84. The van der Waals surface area contributed by atoms with E-state index in [9.17, 15) is 4.79 Å². The number of carboxylic acids is 1. The van der Waals surface area contributed by atoms with Gasteiger partial charge in [-0.1, -0.05) is 17.3 Å². The molecule has 0 atom stereocenters. The average Bonchev–Trinajstić information content (AvgIpc) is 3.02. The van der Waals surface area contributed by atoms with Crippen LogP contribution in [0.15, 0.2) is 10.7 Å². The molecule has 0 unspecified atom stereocenters. The summed E-state index contributed by atoms with van der Waals surface area (Å²) in [6.07, 6.45) is 3.27. The van der Waals surface area contributed by atoms with Gasteiger partial charge in [-0.3, -0.25) is 4.90 Å². The summed E-state index contributed by atoms with van der Waals surface area (Å²) in [7, 11) is 0. The van der Waals surface area contributed by atoms with E-state index in [0.717, 1.165) is 31.8 Å². The molecule has 3 rings (SSSR count). The monoisotopic (exact) mass is 292 g/mol. The molecule has 2 aromatic rings. The molecule has 9 heteroatoms. The highest BCUT2D eigenvalue weighted by molar-refractivity contribution is 5.84. The predicted octanol–water partition coefficient (Wildman–Crippen LogP) is 0.369. The molecule has 9 nitrogen and oxygen atoms in total. The lowest BCUT2D eigenvalue weighted by molar-refractivity contribution is 0.0689. The van der Waals surface area contributed by atoms with Gasteiger partial charge in [0.1, 0.15) is 0 Å². The van der Waals surface area contributed by atoms with Crippen LogP contribution in [0.3, 0.4) is 0 Å². The first-order valence-electron chi connectivity index (χ1n) is 6.84. The molecule has 0 saturated carbocycles. The van der Waals surface area contributed by atoms with Crippen molar-refractivity contribution >= 4 is 5.97 Å². The van der Waals surface area contributed by atoms with Gasteiger partial charge in [-0.25, -0.2) is 9.48 Å². The molecule has 3 heterocycles. The van der Waals surface area contributed by atoms with Gasteiger partial charge >= 0.3 is 5.97 Å². The molecular weight excluding hydrogens is 276 g/mol. The first-order chi connectivity index (χ1) is 10.2. The molecule has 0 radical (unpaired) electrons. The van der Waals surface area contributed by atoms with E-state index in [2.05, 4.69) is 32.3 Å². The number of aromatic carboxylic acids is 1. The van der Waals surface area contributed by atoms with Gasteiger partial charge in [0, 0.05) is 19.5 Å². The highest BCUT2D eigenvalue weighted by Crippen LogP contribution is 2.22. The van der Waals surface area contributed by atoms with E-state index in [1.807, 2.05) is 0 Å². The van der Waals surface area contributed by atoms with E-state index in [1.54, 1.807) is 4.68 Å². The molecule has 1 aliphatic heterocycles. The lowest BCUT2D eigenvalue weighted by Crippen LogP contribution is -2.47. The zero-order valence-corrected chi connectivity index (χ0v) is 11.6. The summed E-state index contributed by atoms with van der Waals surface area (Å²) in [5, 5.41) is 20.2. The fourth-order valence-corrected chi connectivity index (χ4v) is 2.26. The topological polar surface area (TPSA) is 110 Å². The van der Waals surface area contributed by atoms with Crippen LogP contribution in [0.1, 0.15) is 41.6 Å². The van der Waals surface area contributed by atoms with Crippen LogP contribution in [0.25, 0.3) is 0 Å². The number of aryl methyl sites for hydroxylation is 1. The smallest absolute Gasteiger partial charge is 0.358 e. The zero-order valence-electron chi connectivity index (χ0n) is 11.6. The predicted molar refractivity (Wildman–Crippen MR) is 69.6 cm³/mol. The number of carbonyl (C=O) groups is 1. The van der Waals surface area contributed by atoms with Crippen molar-refractivity contribution in [3.05, 3.63) is 23.6 Å². The highest BCUT2D eigenvalue weighted by Gasteiger charge is 2.30. The van der Waals surface area contributed by atoms with Crippen molar-refractivity contribution in [2.75, 3.05) is 13.1 Å². The van der Waals surface area contributed by atoms with Crippen molar-refractivity contribution in [3.8, 4) is 0 Å². The number of rotatable bonds is 6. The average molecular weight is 292 g/mol. The SMILES string of the molecule is CCCc1noc(CN2CC(n3cc(C(=O)O)nn3)C2)n1. The van der Waals surface area contributed by atoms with Gasteiger partial charge in [-0.15, -0.1) is 5.10 Å². The van der Waals surface area contributed by atoms with Crippen LogP contribution in [0.2, 0.25) is 0 Å². The number of carboxylic acid groups (broad SMARTS) is 1. The van der Waals surface area contributed by atoms with Crippen molar-refractivity contribution < 1.29 is 14.4 Å². The van der Waals surface area contributed by atoms with Gasteiger partial charge in [0.15, 0.2) is 11.5 Å².